The summed E-state index contributed by atoms with van der Waals surface area (Å²) in [6, 6.07) is 9.55. The van der Waals surface area contributed by atoms with Gasteiger partial charge in [0.2, 0.25) is 0 Å². The van der Waals surface area contributed by atoms with E-state index in [-0.39, 0.29) is 11.4 Å². The van der Waals surface area contributed by atoms with E-state index in [1.165, 1.54) is 11.1 Å². The molecule has 1 heterocycles. The summed E-state index contributed by atoms with van der Waals surface area (Å²) in [5.41, 5.74) is 2.77. The third-order valence-corrected chi connectivity index (χ3v) is 5.66. The lowest BCUT2D eigenvalue weighted by Gasteiger charge is -2.44. The van der Waals surface area contributed by atoms with Gasteiger partial charge in [-0.05, 0) is 43.2 Å². The number of methoxy groups -OCH3 is 1. The molecule has 1 fully saturated rings. The highest BCUT2D eigenvalue weighted by Crippen LogP contribution is 2.22. The average Bonchev–Trinajstić information content (AvgIpc) is 2.63. The van der Waals surface area contributed by atoms with Gasteiger partial charge in [0.1, 0.15) is 0 Å². The highest BCUT2D eigenvalue weighted by atomic mass is 16.5. The SMILES string of the molecule is COCCCN1C(C)CN(C(=O)NCCc2ccc(C(C)(C)C)cc2)CC1C. The van der Waals surface area contributed by atoms with Crippen LogP contribution in [0.15, 0.2) is 24.3 Å². The molecule has 2 amide bonds. The normalized spacial score (nSPS) is 21.0. The topological polar surface area (TPSA) is 44.8 Å². The molecule has 5 nitrogen and oxygen atoms in total. The zero-order valence-electron chi connectivity index (χ0n) is 18.6. The Kier molecular flexibility index (Phi) is 8.32. The fourth-order valence-electron chi connectivity index (χ4n) is 3.95. The molecule has 0 spiro atoms. The Morgan fingerprint density at radius 3 is 2.29 bits per heavy atom. The molecule has 1 aliphatic rings. The fraction of sp³-hybridized carbons (Fsp3) is 0.696. The van der Waals surface area contributed by atoms with E-state index in [0.29, 0.717) is 18.6 Å². The molecule has 1 aliphatic heterocycles. The second kappa shape index (κ2) is 10.3. The number of carbonyl (C=O) groups is 1. The van der Waals surface area contributed by atoms with Gasteiger partial charge in [-0.3, -0.25) is 4.90 Å². The van der Waals surface area contributed by atoms with Crippen LogP contribution in [-0.2, 0) is 16.6 Å². The minimum atomic E-state index is 0.0570. The summed E-state index contributed by atoms with van der Waals surface area (Å²) in [5.74, 6) is 0. The summed E-state index contributed by atoms with van der Waals surface area (Å²) < 4.78 is 5.17. The first-order valence-corrected chi connectivity index (χ1v) is 10.6. The molecule has 158 valence electrons. The van der Waals surface area contributed by atoms with Gasteiger partial charge >= 0.3 is 6.03 Å². The number of nitrogens with zero attached hydrogens (tertiary/aromatic N) is 2. The Morgan fingerprint density at radius 1 is 1.14 bits per heavy atom. The molecule has 2 atom stereocenters. The minimum Gasteiger partial charge on any atom is -0.385 e. The molecule has 28 heavy (non-hydrogen) atoms. The minimum absolute atomic E-state index is 0.0570. The summed E-state index contributed by atoms with van der Waals surface area (Å²) in [5, 5.41) is 3.10. The van der Waals surface area contributed by atoms with Crippen molar-refractivity contribution in [2.24, 2.45) is 0 Å². The second-order valence-corrected chi connectivity index (χ2v) is 9.12. The first-order chi connectivity index (χ1) is 13.2. The summed E-state index contributed by atoms with van der Waals surface area (Å²) in [6.45, 7) is 15.1. The fourth-order valence-corrected chi connectivity index (χ4v) is 3.95. The van der Waals surface area contributed by atoms with Crippen LogP contribution in [0, 0.1) is 0 Å². The van der Waals surface area contributed by atoms with Crippen molar-refractivity contribution < 1.29 is 9.53 Å². The van der Waals surface area contributed by atoms with Crippen molar-refractivity contribution in [2.45, 2.75) is 65.0 Å². The van der Waals surface area contributed by atoms with E-state index in [4.69, 9.17) is 4.74 Å². The van der Waals surface area contributed by atoms with Crippen LogP contribution >= 0.6 is 0 Å². The number of hydrogen-bond acceptors (Lipinski definition) is 3. The zero-order chi connectivity index (χ0) is 20.7. The van der Waals surface area contributed by atoms with Gasteiger partial charge < -0.3 is 15.0 Å². The molecule has 2 unspecified atom stereocenters. The standard InChI is InChI=1S/C23H39N3O2/c1-18-16-25(17-19(2)26(18)14-7-15-28-6)22(27)24-13-12-20-8-10-21(11-9-20)23(3,4)5/h8-11,18-19H,7,12-17H2,1-6H3,(H,24,27). The van der Waals surface area contributed by atoms with Gasteiger partial charge in [0.05, 0.1) is 0 Å². The summed E-state index contributed by atoms with van der Waals surface area (Å²) in [4.78, 5) is 17.1. The Labute approximate surface area is 171 Å². The lowest BCUT2D eigenvalue weighted by Crippen LogP contribution is -2.59. The molecule has 0 aliphatic carbocycles. The van der Waals surface area contributed by atoms with Gasteiger partial charge in [0.25, 0.3) is 0 Å². The van der Waals surface area contributed by atoms with Crippen LogP contribution in [-0.4, -0.2) is 67.8 Å². The average molecular weight is 390 g/mol. The molecule has 0 radical (unpaired) electrons. The molecule has 5 heteroatoms. The van der Waals surface area contributed by atoms with Gasteiger partial charge in [-0.2, -0.15) is 0 Å². The number of rotatable bonds is 7. The predicted octanol–water partition coefficient (Wildman–Crippen LogP) is 3.67. The number of benzene rings is 1. The molecule has 1 aromatic rings. The van der Waals surface area contributed by atoms with E-state index >= 15 is 0 Å². The quantitative estimate of drug-likeness (QED) is 0.724. The third kappa shape index (κ3) is 6.49. The molecule has 1 saturated heterocycles. The molecular weight excluding hydrogens is 350 g/mol. The highest BCUT2D eigenvalue weighted by molar-refractivity contribution is 5.74. The zero-order valence-corrected chi connectivity index (χ0v) is 18.6. The van der Waals surface area contributed by atoms with Crippen LogP contribution in [0.4, 0.5) is 4.79 Å². The van der Waals surface area contributed by atoms with Crippen molar-refractivity contribution in [3.63, 3.8) is 0 Å². The number of carbonyl (C=O) groups excluding carboxylic acids is 1. The smallest absolute Gasteiger partial charge is 0.317 e. The molecule has 1 aromatic carbocycles. The predicted molar refractivity (Wildman–Crippen MR) is 116 cm³/mol. The Morgan fingerprint density at radius 2 is 1.75 bits per heavy atom. The van der Waals surface area contributed by atoms with Crippen molar-refractivity contribution >= 4 is 6.03 Å². The Hall–Kier alpha value is -1.59. The van der Waals surface area contributed by atoms with Crippen molar-refractivity contribution in [2.75, 3.05) is 39.9 Å². The third-order valence-electron chi connectivity index (χ3n) is 5.66. The van der Waals surface area contributed by atoms with Crippen LogP contribution < -0.4 is 5.32 Å². The molecule has 0 bridgehead atoms. The first kappa shape index (κ1) is 22.7. The van der Waals surface area contributed by atoms with Gasteiger partial charge in [0.15, 0.2) is 0 Å². The molecular formula is C23H39N3O2. The number of piperazine rings is 1. The van der Waals surface area contributed by atoms with Crippen molar-refractivity contribution in [1.82, 2.24) is 15.1 Å². The van der Waals surface area contributed by atoms with Gasteiger partial charge in [-0.1, -0.05) is 45.0 Å². The van der Waals surface area contributed by atoms with Crippen LogP contribution in [0.3, 0.4) is 0 Å². The van der Waals surface area contributed by atoms with Crippen LogP contribution in [0.2, 0.25) is 0 Å². The van der Waals surface area contributed by atoms with E-state index in [1.807, 2.05) is 4.90 Å². The molecule has 2 rings (SSSR count). The first-order valence-electron chi connectivity index (χ1n) is 10.6. The van der Waals surface area contributed by atoms with Crippen LogP contribution in [0.5, 0.6) is 0 Å². The monoisotopic (exact) mass is 389 g/mol. The maximum Gasteiger partial charge on any atom is 0.317 e. The largest absolute Gasteiger partial charge is 0.385 e. The summed E-state index contributed by atoms with van der Waals surface area (Å²) in [6.07, 6.45) is 1.89. The van der Waals surface area contributed by atoms with E-state index < -0.39 is 0 Å². The van der Waals surface area contributed by atoms with Crippen LogP contribution in [0.25, 0.3) is 0 Å². The molecule has 0 saturated carbocycles. The Bertz CT molecular complexity index is 597. The van der Waals surface area contributed by atoms with Gasteiger partial charge in [-0.15, -0.1) is 0 Å². The van der Waals surface area contributed by atoms with Crippen molar-refractivity contribution in [3.05, 3.63) is 35.4 Å². The maximum atomic E-state index is 12.6. The van der Waals surface area contributed by atoms with E-state index in [0.717, 1.165) is 39.1 Å². The highest BCUT2D eigenvalue weighted by Gasteiger charge is 2.31. The molecule has 1 N–H and O–H groups in total. The van der Waals surface area contributed by atoms with Crippen molar-refractivity contribution in [1.29, 1.82) is 0 Å². The van der Waals surface area contributed by atoms with Crippen molar-refractivity contribution in [3.8, 4) is 0 Å². The van der Waals surface area contributed by atoms with E-state index in [1.54, 1.807) is 7.11 Å². The second-order valence-electron chi connectivity index (χ2n) is 9.12. The Balaban J connectivity index is 1.77. The van der Waals surface area contributed by atoms with E-state index in [2.05, 4.69) is 69.1 Å². The number of urea groups is 1. The summed E-state index contributed by atoms with van der Waals surface area (Å²) in [7, 11) is 1.74. The maximum absolute atomic E-state index is 12.6. The lowest BCUT2D eigenvalue weighted by atomic mass is 9.86. The van der Waals surface area contributed by atoms with Gasteiger partial charge in [-0.25, -0.2) is 4.79 Å². The number of amides is 2. The number of ether oxygens (including phenoxy) is 1. The lowest BCUT2D eigenvalue weighted by molar-refractivity contribution is 0.0481. The number of nitrogens with one attached hydrogen (secondary N) is 1. The molecule has 0 aromatic heterocycles. The van der Waals surface area contributed by atoms with Crippen LogP contribution in [0.1, 0.15) is 52.2 Å². The number of hydrogen-bond donors (Lipinski definition) is 1. The van der Waals surface area contributed by atoms with Gasteiger partial charge in [0, 0.05) is 52.0 Å². The van der Waals surface area contributed by atoms with E-state index in [9.17, 15) is 4.79 Å². The summed E-state index contributed by atoms with van der Waals surface area (Å²) >= 11 is 0.